The number of rotatable bonds is 1. The second-order valence-corrected chi connectivity index (χ2v) is 5.31. The van der Waals surface area contributed by atoms with Crippen molar-refractivity contribution in [1.29, 1.82) is 0 Å². The van der Waals surface area contributed by atoms with Gasteiger partial charge >= 0.3 is 0 Å². The fourth-order valence-corrected chi connectivity index (χ4v) is 2.86. The molecule has 2 aromatic heterocycles. The molecule has 4 rings (SSSR count). The van der Waals surface area contributed by atoms with Gasteiger partial charge in [-0.15, -0.1) is 0 Å². The number of benzene rings is 1. The Morgan fingerprint density at radius 2 is 2.14 bits per heavy atom. The number of imidazole rings is 1. The number of nitrogens with one attached hydrogen (secondary N) is 1. The van der Waals surface area contributed by atoms with Gasteiger partial charge in [0.2, 0.25) is 0 Å². The minimum Gasteiger partial charge on any atom is -0.460 e. The Bertz CT molecular complexity index is 883. The predicted molar refractivity (Wildman–Crippen MR) is 80.2 cm³/mol. The van der Waals surface area contributed by atoms with Gasteiger partial charge < -0.3 is 9.40 Å². The second kappa shape index (κ2) is 4.45. The molecule has 4 nitrogen and oxygen atoms in total. The van der Waals surface area contributed by atoms with Gasteiger partial charge in [0.15, 0.2) is 5.78 Å². The molecule has 0 radical (unpaired) electrons. The van der Waals surface area contributed by atoms with E-state index in [9.17, 15) is 4.79 Å². The number of aryl methyl sites for hydroxylation is 2. The van der Waals surface area contributed by atoms with E-state index in [4.69, 9.17) is 4.42 Å². The summed E-state index contributed by atoms with van der Waals surface area (Å²) in [6, 6.07) is 7.70. The highest BCUT2D eigenvalue weighted by molar-refractivity contribution is 6.19. The largest absolute Gasteiger partial charge is 0.460 e. The first-order valence-electron chi connectivity index (χ1n) is 6.99. The average molecular weight is 278 g/mol. The highest BCUT2D eigenvalue weighted by Gasteiger charge is 2.28. The van der Waals surface area contributed by atoms with Crippen LogP contribution in [0.1, 0.15) is 33.9 Å². The van der Waals surface area contributed by atoms with Crippen LogP contribution in [0.25, 0.3) is 17.0 Å². The quantitative estimate of drug-likeness (QED) is 0.691. The van der Waals surface area contributed by atoms with Crippen molar-refractivity contribution in [1.82, 2.24) is 9.97 Å². The normalized spacial score (nSPS) is 16.6. The van der Waals surface area contributed by atoms with Crippen molar-refractivity contribution in [3.05, 3.63) is 58.9 Å². The van der Waals surface area contributed by atoms with Crippen LogP contribution in [0.2, 0.25) is 0 Å². The first kappa shape index (κ1) is 12.1. The van der Waals surface area contributed by atoms with Crippen molar-refractivity contribution >= 4 is 22.8 Å². The van der Waals surface area contributed by atoms with E-state index in [0.717, 1.165) is 45.7 Å². The van der Waals surface area contributed by atoms with Gasteiger partial charge in [-0.2, -0.15) is 0 Å². The SMILES string of the molecule is Cc1[nH]cnc1/C=C1\CCc2oc3ccccc3c2C1=O. The lowest BCUT2D eigenvalue weighted by Gasteiger charge is -2.12. The van der Waals surface area contributed by atoms with Crippen molar-refractivity contribution in [2.45, 2.75) is 19.8 Å². The van der Waals surface area contributed by atoms with E-state index in [-0.39, 0.29) is 5.78 Å². The lowest BCUT2D eigenvalue weighted by molar-refractivity contribution is 0.102. The van der Waals surface area contributed by atoms with Gasteiger partial charge in [0.05, 0.1) is 17.6 Å². The number of carbonyl (C=O) groups excluding carboxylic acids is 1. The third-order valence-electron chi connectivity index (χ3n) is 3.99. The number of aromatic nitrogens is 2. The Balaban J connectivity index is 1.85. The molecule has 104 valence electrons. The number of fused-ring (bicyclic) bond motifs is 3. The molecule has 1 aliphatic rings. The summed E-state index contributed by atoms with van der Waals surface area (Å²) in [6.07, 6.45) is 4.98. The standard InChI is InChI=1S/C17H14N2O2/c1-10-13(19-9-18-10)8-11-6-7-15-16(17(11)20)12-4-2-3-5-14(12)21-15/h2-5,8-9H,6-7H2,1H3,(H,18,19)/b11-8+. The summed E-state index contributed by atoms with van der Waals surface area (Å²) in [5.41, 5.74) is 4.10. The van der Waals surface area contributed by atoms with E-state index in [1.807, 2.05) is 37.3 Å². The highest BCUT2D eigenvalue weighted by Crippen LogP contribution is 2.34. The van der Waals surface area contributed by atoms with Crippen LogP contribution in [0.3, 0.4) is 0 Å². The van der Waals surface area contributed by atoms with Crippen molar-refractivity contribution < 1.29 is 9.21 Å². The number of allylic oxidation sites excluding steroid dienone is 1. The van der Waals surface area contributed by atoms with Gasteiger partial charge in [0.25, 0.3) is 0 Å². The van der Waals surface area contributed by atoms with Gasteiger partial charge in [-0.1, -0.05) is 18.2 Å². The van der Waals surface area contributed by atoms with Crippen LogP contribution < -0.4 is 0 Å². The average Bonchev–Trinajstić information content (AvgIpc) is 3.06. The van der Waals surface area contributed by atoms with Crippen LogP contribution >= 0.6 is 0 Å². The summed E-state index contributed by atoms with van der Waals surface area (Å²) in [7, 11) is 0. The molecule has 1 aliphatic carbocycles. The molecular weight excluding hydrogens is 264 g/mol. The molecular formula is C17H14N2O2. The third kappa shape index (κ3) is 1.83. The van der Waals surface area contributed by atoms with Gasteiger partial charge in [-0.25, -0.2) is 4.98 Å². The van der Waals surface area contributed by atoms with Gasteiger partial charge in [0.1, 0.15) is 11.3 Å². The van der Waals surface area contributed by atoms with Crippen LogP contribution in [0.4, 0.5) is 0 Å². The molecule has 1 aromatic carbocycles. The predicted octanol–water partition coefficient (Wildman–Crippen LogP) is 3.68. The van der Waals surface area contributed by atoms with Crippen molar-refractivity contribution in [2.75, 3.05) is 0 Å². The molecule has 4 heteroatoms. The number of ketones is 1. The monoisotopic (exact) mass is 278 g/mol. The maximum Gasteiger partial charge on any atom is 0.193 e. The van der Waals surface area contributed by atoms with Crippen LogP contribution in [-0.2, 0) is 6.42 Å². The maximum atomic E-state index is 12.8. The maximum absolute atomic E-state index is 12.8. The van der Waals surface area contributed by atoms with E-state index >= 15 is 0 Å². The van der Waals surface area contributed by atoms with Crippen molar-refractivity contribution in [3.63, 3.8) is 0 Å². The molecule has 0 aliphatic heterocycles. The number of hydrogen-bond acceptors (Lipinski definition) is 3. The molecule has 21 heavy (non-hydrogen) atoms. The van der Waals surface area contributed by atoms with E-state index in [2.05, 4.69) is 9.97 Å². The Kier molecular flexibility index (Phi) is 2.57. The summed E-state index contributed by atoms with van der Waals surface area (Å²) >= 11 is 0. The van der Waals surface area contributed by atoms with E-state index in [1.54, 1.807) is 6.33 Å². The van der Waals surface area contributed by atoms with Crippen LogP contribution in [0.5, 0.6) is 0 Å². The van der Waals surface area contributed by atoms with E-state index in [0.29, 0.717) is 6.42 Å². The smallest absolute Gasteiger partial charge is 0.193 e. The lowest BCUT2D eigenvalue weighted by Crippen LogP contribution is -2.12. The summed E-state index contributed by atoms with van der Waals surface area (Å²) in [6.45, 7) is 1.95. The Morgan fingerprint density at radius 3 is 2.95 bits per heavy atom. The second-order valence-electron chi connectivity index (χ2n) is 5.31. The molecule has 0 saturated heterocycles. The molecule has 0 saturated carbocycles. The zero-order valence-electron chi connectivity index (χ0n) is 11.6. The number of carbonyl (C=O) groups is 1. The molecule has 0 atom stereocenters. The topological polar surface area (TPSA) is 58.9 Å². The minimum absolute atomic E-state index is 0.0589. The molecule has 1 N–H and O–H groups in total. The Hall–Kier alpha value is -2.62. The summed E-state index contributed by atoms with van der Waals surface area (Å²) in [5, 5.41) is 0.904. The van der Waals surface area contributed by atoms with Crippen LogP contribution in [0, 0.1) is 6.92 Å². The van der Waals surface area contributed by atoms with Crippen LogP contribution in [-0.4, -0.2) is 15.8 Å². The molecule has 0 unspecified atom stereocenters. The fraction of sp³-hybridized carbons (Fsp3) is 0.176. The van der Waals surface area contributed by atoms with Gasteiger partial charge in [0, 0.05) is 23.1 Å². The number of para-hydroxylation sites is 1. The number of H-pyrrole nitrogens is 1. The molecule has 0 fully saturated rings. The summed E-state index contributed by atoms with van der Waals surface area (Å²) in [5.74, 6) is 0.862. The van der Waals surface area contributed by atoms with Crippen molar-refractivity contribution in [3.8, 4) is 0 Å². The first-order valence-corrected chi connectivity index (χ1v) is 6.99. The number of furan rings is 1. The molecule has 2 heterocycles. The minimum atomic E-state index is 0.0589. The number of aromatic amines is 1. The molecule has 0 amide bonds. The summed E-state index contributed by atoms with van der Waals surface area (Å²) in [4.78, 5) is 20.0. The van der Waals surface area contributed by atoms with E-state index < -0.39 is 0 Å². The van der Waals surface area contributed by atoms with Crippen LogP contribution in [0.15, 0.2) is 40.6 Å². The number of Topliss-reactive ketones (excluding diaryl/α,β-unsaturated/α-hetero) is 1. The Labute approximate surface area is 121 Å². The zero-order valence-corrected chi connectivity index (χ0v) is 11.6. The number of hydrogen-bond donors (Lipinski definition) is 1. The van der Waals surface area contributed by atoms with Gasteiger partial charge in [-0.05, 0) is 25.5 Å². The zero-order chi connectivity index (χ0) is 14.4. The highest BCUT2D eigenvalue weighted by atomic mass is 16.3. The Morgan fingerprint density at radius 1 is 1.29 bits per heavy atom. The molecule has 3 aromatic rings. The third-order valence-corrected chi connectivity index (χ3v) is 3.99. The molecule has 0 bridgehead atoms. The first-order chi connectivity index (χ1) is 10.2. The summed E-state index contributed by atoms with van der Waals surface area (Å²) < 4.78 is 5.80. The number of nitrogens with zero attached hydrogens (tertiary/aromatic N) is 1. The fourth-order valence-electron chi connectivity index (χ4n) is 2.86. The lowest BCUT2D eigenvalue weighted by atomic mass is 9.89. The van der Waals surface area contributed by atoms with Crippen molar-refractivity contribution in [2.24, 2.45) is 0 Å². The molecule has 0 spiro atoms. The van der Waals surface area contributed by atoms with Gasteiger partial charge in [-0.3, -0.25) is 4.79 Å². The van der Waals surface area contributed by atoms with E-state index in [1.165, 1.54) is 0 Å².